The van der Waals surface area contributed by atoms with E-state index in [1.165, 1.54) is 11.3 Å². The van der Waals surface area contributed by atoms with Gasteiger partial charge >= 0.3 is 0 Å². The fraction of sp³-hybridized carbons (Fsp3) is 0.636. The molecule has 0 radical (unpaired) electrons. The van der Waals surface area contributed by atoms with E-state index < -0.39 is 10.0 Å². The van der Waals surface area contributed by atoms with E-state index in [9.17, 15) is 8.42 Å². The van der Waals surface area contributed by atoms with Gasteiger partial charge in [-0.3, -0.25) is 0 Å². The third-order valence-electron chi connectivity index (χ3n) is 2.54. The second-order valence-electron chi connectivity index (χ2n) is 4.24. The van der Waals surface area contributed by atoms with Gasteiger partial charge in [0, 0.05) is 13.2 Å². The van der Waals surface area contributed by atoms with Crippen LogP contribution in [-0.4, -0.2) is 26.7 Å². The Morgan fingerprint density at radius 1 is 1.44 bits per heavy atom. The molecule has 1 heterocycles. The first-order valence-corrected chi connectivity index (χ1v) is 8.91. The van der Waals surface area contributed by atoms with E-state index in [4.69, 9.17) is 5.11 Å². The number of unbranched alkanes of at least 4 members (excludes halogenated alkanes) is 1. The number of nitrogens with one attached hydrogen (secondary N) is 1. The van der Waals surface area contributed by atoms with Crippen molar-refractivity contribution < 1.29 is 13.5 Å². The predicted octanol–water partition coefficient (Wildman–Crippen LogP) is 2.59. The quantitative estimate of drug-likeness (QED) is 0.704. The zero-order valence-corrected chi connectivity index (χ0v) is 13.4. The van der Waals surface area contributed by atoms with E-state index >= 15 is 0 Å². The molecule has 0 aliphatic rings. The second-order valence-corrected chi connectivity index (χ2v) is 8.69. The van der Waals surface area contributed by atoms with E-state index in [0.29, 0.717) is 10.8 Å². The first-order chi connectivity index (χ1) is 8.45. The van der Waals surface area contributed by atoms with Crippen molar-refractivity contribution in [2.75, 3.05) is 13.2 Å². The molecule has 1 rings (SSSR count). The van der Waals surface area contributed by atoms with Crippen molar-refractivity contribution in [3.05, 3.63) is 15.9 Å². The molecule has 0 aliphatic heterocycles. The molecule has 1 aromatic heterocycles. The molecule has 1 aromatic rings. The van der Waals surface area contributed by atoms with Crippen LogP contribution in [0.1, 0.15) is 26.2 Å². The number of halogens is 1. The maximum Gasteiger partial charge on any atom is 0.250 e. The lowest BCUT2D eigenvalue weighted by Crippen LogP contribution is -2.27. The van der Waals surface area contributed by atoms with Gasteiger partial charge in [-0.1, -0.05) is 13.3 Å². The summed E-state index contributed by atoms with van der Waals surface area (Å²) in [5, 5.41) is 8.67. The van der Waals surface area contributed by atoms with Crippen LogP contribution in [0.15, 0.2) is 20.1 Å². The average Bonchev–Trinajstić information content (AvgIpc) is 2.75. The van der Waals surface area contributed by atoms with Crippen LogP contribution >= 0.6 is 27.3 Å². The van der Waals surface area contributed by atoms with Gasteiger partial charge in [-0.2, -0.15) is 0 Å². The minimum absolute atomic E-state index is 0.196. The Labute approximate surface area is 121 Å². The van der Waals surface area contributed by atoms with Crippen molar-refractivity contribution in [1.82, 2.24) is 4.72 Å². The maximum absolute atomic E-state index is 11.9. The summed E-state index contributed by atoms with van der Waals surface area (Å²) in [6.07, 6.45) is 2.61. The Hall–Kier alpha value is 0.0500. The predicted molar refractivity (Wildman–Crippen MR) is 77.3 cm³/mol. The third-order valence-corrected chi connectivity index (χ3v) is 6.08. The first-order valence-electron chi connectivity index (χ1n) is 5.81. The summed E-state index contributed by atoms with van der Waals surface area (Å²) in [6.45, 7) is 2.63. The number of hydrogen-bond acceptors (Lipinski definition) is 4. The van der Waals surface area contributed by atoms with Crippen molar-refractivity contribution in [3.63, 3.8) is 0 Å². The van der Waals surface area contributed by atoms with Crippen LogP contribution in [0.2, 0.25) is 0 Å². The van der Waals surface area contributed by atoms with Crippen LogP contribution in [0, 0.1) is 5.92 Å². The Balaban J connectivity index is 2.42. The molecule has 0 unspecified atom stereocenters. The van der Waals surface area contributed by atoms with Gasteiger partial charge in [-0.15, -0.1) is 11.3 Å². The summed E-state index contributed by atoms with van der Waals surface area (Å²) in [7, 11) is -3.38. The standard InChI is InChI=1S/C11H18BrNO3S2/c1-9(4-2-3-7-14)8-13-18(15,16)11-6-5-10(12)17-11/h5-6,9,13-14H,2-4,7-8H2,1H3/t9-/m0/s1. The highest BCUT2D eigenvalue weighted by Crippen LogP contribution is 2.25. The van der Waals surface area contributed by atoms with Crippen LogP contribution in [0.4, 0.5) is 0 Å². The van der Waals surface area contributed by atoms with E-state index in [-0.39, 0.29) is 12.5 Å². The van der Waals surface area contributed by atoms with Crippen molar-refractivity contribution >= 4 is 37.3 Å². The molecule has 104 valence electrons. The van der Waals surface area contributed by atoms with Gasteiger partial charge in [0.25, 0.3) is 0 Å². The number of aliphatic hydroxyl groups is 1. The minimum atomic E-state index is -3.38. The Morgan fingerprint density at radius 3 is 2.72 bits per heavy atom. The van der Waals surface area contributed by atoms with Crippen molar-refractivity contribution in [3.8, 4) is 0 Å². The third kappa shape index (κ3) is 5.36. The molecular formula is C11H18BrNO3S2. The Kier molecular flexibility index (Phi) is 6.79. The van der Waals surface area contributed by atoms with Crippen molar-refractivity contribution in [2.45, 2.75) is 30.4 Å². The largest absolute Gasteiger partial charge is 0.396 e. The molecule has 4 nitrogen and oxygen atoms in total. The van der Waals surface area contributed by atoms with Crippen LogP contribution in [0.25, 0.3) is 0 Å². The Bertz CT molecular complexity index is 459. The number of sulfonamides is 1. The molecule has 18 heavy (non-hydrogen) atoms. The molecule has 0 saturated carbocycles. The summed E-state index contributed by atoms with van der Waals surface area (Å²) >= 11 is 4.45. The topological polar surface area (TPSA) is 66.4 Å². The van der Waals surface area contributed by atoms with Gasteiger partial charge in [-0.05, 0) is 46.8 Å². The van der Waals surface area contributed by atoms with Gasteiger partial charge in [0.15, 0.2) is 0 Å². The van der Waals surface area contributed by atoms with Gasteiger partial charge in [0.05, 0.1) is 3.79 Å². The molecule has 0 saturated heterocycles. The highest BCUT2D eigenvalue weighted by molar-refractivity contribution is 9.11. The minimum Gasteiger partial charge on any atom is -0.396 e. The molecule has 0 spiro atoms. The van der Waals surface area contributed by atoms with Crippen LogP contribution in [0.3, 0.4) is 0 Å². The lowest BCUT2D eigenvalue weighted by atomic mass is 10.1. The number of hydrogen-bond donors (Lipinski definition) is 2. The molecule has 0 aliphatic carbocycles. The number of thiophene rings is 1. The summed E-state index contributed by atoms with van der Waals surface area (Å²) < 4.78 is 27.6. The first kappa shape index (κ1) is 16.1. The highest BCUT2D eigenvalue weighted by atomic mass is 79.9. The fourth-order valence-electron chi connectivity index (χ4n) is 1.47. The van der Waals surface area contributed by atoms with Gasteiger partial charge < -0.3 is 5.11 Å². The summed E-state index contributed by atoms with van der Waals surface area (Å²) in [4.78, 5) is 0. The normalized spacial score (nSPS) is 13.7. The summed E-state index contributed by atoms with van der Waals surface area (Å²) in [5.41, 5.74) is 0. The van der Waals surface area contributed by atoms with E-state index in [2.05, 4.69) is 20.7 Å². The smallest absolute Gasteiger partial charge is 0.250 e. The lowest BCUT2D eigenvalue weighted by Gasteiger charge is -2.11. The monoisotopic (exact) mass is 355 g/mol. The molecule has 2 N–H and O–H groups in total. The second kappa shape index (κ2) is 7.59. The van der Waals surface area contributed by atoms with Crippen molar-refractivity contribution in [1.29, 1.82) is 0 Å². The van der Waals surface area contributed by atoms with Gasteiger partial charge in [0.2, 0.25) is 10.0 Å². The molecule has 0 fully saturated rings. The van der Waals surface area contributed by atoms with Gasteiger partial charge in [-0.25, -0.2) is 13.1 Å². The molecule has 0 amide bonds. The summed E-state index contributed by atoms with van der Waals surface area (Å²) in [6, 6.07) is 3.32. The molecule has 1 atom stereocenters. The average molecular weight is 356 g/mol. The SMILES string of the molecule is C[C@@H](CCCCO)CNS(=O)(=O)c1ccc(Br)s1. The van der Waals surface area contributed by atoms with E-state index in [1.54, 1.807) is 12.1 Å². The van der Waals surface area contributed by atoms with Crippen LogP contribution < -0.4 is 4.72 Å². The zero-order valence-electron chi connectivity index (χ0n) is 10.2. The molecule has 0 bridgehead atoms. The van der Waals surface area contributed by atoms with Gasteiger partial charge in [0.1, 0.15) is 4.21 Å². The fourth-order valence-corrected chi connectivity index (χ4v) is 4.69. The molecule has 7 heteroatoms. The van der Waals surface area contributed by atoms with E-state index in [1.807, 2.05) is 6.92 Å². The maximum atomic E-state index is 11.9. The number of rotatable bonds is 8. The lowest BCUT2D eigenvalue weighted by molar-refractivity contribution is 0.279. The number of aliphatic hydroxyl groups excluding tert-OH is 1. The Morgan fingerprint density at radius 2 is 2.17 bits per heavy atom. The van der Waals surface area contributed by atoms with Crippen LogP contribution in [0.5, 0.6) is 0 Å². The van der Waals surface area contributed by atoms with Crippen LogP contribution in [-0.2, 0) is 10.0 Å². The molecule has 0 aromatic carbocycles. The zero-order chi connectivity index (χ0) is 13.6. The molecular weight excluding hydrogens is 338 g/mol. The highest BCUT2D eigenvalue weighted by Gasteiger charge is 2.17. The van der Waals surface area contributed by atoms with Crippen molar-refractivity contribution in [2.24, 2.45) is 5.92 Å². The van der Waals surface area contributed by atoms with E-state index in [0.717, 1.165) is 23.0 Å². The summed E-state index contributed by atoms with van der Waals surface area (Å²) in [5.74, 6) is 0.273.